The number of carbonyl (C=O) groups is 4. The van der Waals surface area contributed by atoms with Gasteiger partial charge in [-0.2, -0.15) is 5.10 Å². The van der Waals surface area contributed by atoms with Crippen LogP contribution in [0.5, 0.6) is 0 Å². The molecule has 0 saturated carbocycles. The monoisotopic (exact) mass is 356 g/mol. The van der Waals surface area contributed by atoms with Crippen molar-refractivity contribution >= 4 is 23.3 Å². The van der Waals surface area contributed by atoms with Gasteiger partial charge in [-0.3, -0.25) is 23.9 Å². The van der Waals surface area contributed by atoms with E-state index < -0.39 is 34.8 Å². The Labute approximate surface area is 148 Å². The number of hydrogen-bond donors (Lipinski definition) is 1. The fourth-order valence-corrected chi connectivity index (χ4v) is 3.04. The summed E-state index contributed by atoms with van der Waals surface area (Å²) in [6.45, 7) is 1.42. The van der Waals surface area contributed by atoms with Crippen molar-refractivity contribution in [2.45, 2.75) is 12.5 Å². The maximum absolute atomic E-state index is 12.9. The Morgan fingerprint density at radius 3 is 2.23 bits per heavy atom. The zero-order valence-electron chi connectivity index (χ0n) is 14.1. The summed E-state index contributed by atoms with van der Waals surface area (Å²) in [5, 5.41) is 14.9. The van der Waals surface area contributed by atoms with Crippen LogP contribution in [0.2, 0.25) is 0 Å². The lowest BCUT2D eigenvalue weighted by molar-refractivity contribution is -0.150. The molecular weight excluding hydrogens is 340 g/mol. The summed E-state index contributed by atoms with van der Waals surface area (Å²) in [5.74, 6) is -6.15. The second kappa shape index (κ2) is 6.30. The molecule has 8 heteroatoms. The third-order valence-corrected chi connectivity index (χ3v) is 4.28. The van der Waals surface area contributed by atoms with Gasteiger partial charge in [-0.15, -0.1) is 0 Å². The molecule has 0 radical (unpaired) electrons. The number of carbonyl (C=O) groups excluding carboxylic acids is 4. The number of ether oxygens (including phenoxy) is 1. The molecule has 8 nitrogen and oxygen atoms in total. The topological polar surface area (TPSA) is 116 Å². The fourth-order valence-electron chi connectivity index (χ4n) is 3.04. The Kier molecular flexibility index (Phi) is 4.29. The molecule has 0 bridgehead atoms. The standard InChI is InChI=1S/C18H16N2O6/c1-3-26-17(24)13(14(21)12-8-9-20(2)19-12)18(25)15(22)10-6-4-5-7-11(10)16(18)23/h4-9,13,25H,3H2,1-2H3. The quantitative estimate of drug-likeness (QED) is 0.473. The Hall–Kier alpha value is -3.13. The van der Waals surface area contributed by atoms with E-state index in [0.717, 1.165) is 0 Å². The minimum Gasteiger partial charge on any atom is -0.465 e. The number of Topliss-reactive ketones (excluding diaryl/α,β-unsaturated/α-hetero) is 3. The molecule has 3 rings (SSSR count). The van der Waals surface area contributed by atoms with E-state index in [-0.39, 0.29) is 23.4 Å². The Bertz CT molecular complexity index is 894. The minimum absolute atomic E-state index is 0.0388. The van der Waals surface area contributed by atoms with Crippen molar-refractivity contribution in [1.82, 2.24) is 9.78 Å². The lowest BCUT2D eigenvalue weighted by atomic mass is 9.79. The highest BCUT2D eigenvalue weighted by Crippen LogP contribution is 2.37. The van der Waals surface area contributed by atoms with E-state index in [1.807, 2.05) is 0 Å². The van der Waals surface area contributed by atoms with E-state index in [0.29, 0.717) is 0 Å². The van der Waals surface area contributed by atoms with Crippen molar-refractivity contribution in [1.29, 1.82) is 0 Å². The van der Waals surface area contributed by atoms with Gasteiger partial charge in [-0.05, 0) is 13.0 Å². The molecule has 134 valence electrons. The SMILES string of the molecule is CCOC(=O)C(C(=O)c1ccn(C)n1)C1(O)C(=O)c2ccccc2C1=O. The zero-order valence-corrected chi connectivity index (χ0v) is 14.1. The molecule has 1 aliphatic carbocycles. The highest BCUT2D eigenvalue weighted by molar-refractivity contribution is 6.36. The molecule has 1 heterocycles. The Morgan fingerprint density at radius 2 is 1.77 bits per heavy atom. The van der Waals surface area contributed by atoms with Crippen molar-refractivity contribution in [3.05, 3.63) is 53.3 Å². The van der Waals surface area contributed by atoms with E-state index in [2.05, 4.69) is 5.10 Å². The number of hydrogen-bond acceptors (Lipinski definition) is 7. The molecule has 26 heavy (non-hydrogen) atoms. The predicted octanol–water partition coefficient (Wildman–Crippen LogP) is 0.592. The molecule has 0 saturated heterocycles. The van der Waals surface area contributed by atoms with Gasteiger partial charge in [0.05, 0.1) is 6.61 Å². The fraction of sp³-hybridized carbons (Fsp3) is 0.278. The van der Waals surface area contributed by atoms with Gasteiger partial charge < -0.3 is 9.84 Å². The number of fused-ring (bicyclic) bond motifs is 1. The van der Waals surface area contributed by atoms with E-state index in [1.54, 1.807) is 7.05 Å². The molecule has 2 aromatic rings. The van der Waals surface area contributed by atoms with Gasteiger partial charge >= 0.3 is 5.97 Å². The first-order chi connectivity index (χ1) is 12.3. The minimum atomic E-state index is -2.86. The van der Waals surface area contributed by atoms with E-state index >= 15 is 0 Å². The summed E-state index contributed by atoms with van der Waals surface area (Å²) < 4.78 is 6.19. The summed E-state index contributed by atoms with van der Waals surface area (Å²) in [6.07, 6.45) is 1.46. The summed E-state index contributed by atoms with van der Waals surface area (Å²) in [7, 11) is 1.56. The van der Waals surface area contributed by atoms with Crippen LogP contribution in [0, 0.1) is 5.92 Å². The van der Waals surface area contributed by atoms with Crippen LogP contribution < -0.4 is 0 Å². The number of ketones is 3. The summed E-state index contributed by atoms with van der Waals surface area (Å²) >= 11 is 0. The highest BCUT2D eigenvalue weighted by Gasteiger charge is 2.62. The Morgan fingerprint density at radius 1 is 1.19 bits per heavy atom. The number of benzene rings is 1. The van der Waals surface area contributed by atoms with Crippen LogP contribution in [0.1, 0.15) is 38.1 Å². The molecule has 0 amide bonds. The van der Waals surface area contributed by atoms with Crippen LogP contribution >= 0.6 is 0 Å². The van der Waals surface area contributed by atoms with Gasteiger partial charge in [0.25, 0.3) is 0 Å². The molecule has 1 N–H and O–H groups in total. The third kappa shape index (κ3) is 2.46. The zero-order chi connectivity index (χ0) is 19.1. The van der Waals surface area contributed by atoms with Crippen molar-refractivity contribution in [3.63, 3.8) is 0 Å². The predicted molar refractivity (Wildman–Crippen MR) is 87.7 cm³/mol. The second-order valence-corrected chi connectivity index (χ2v) is 5.89. The first-order valence-corrected chi connectivity index (χ1v) is 7.93. The Balaban J connectivity index is 2.13. The lowest BCUT2D eigenvalue weighted by Gasteiger charge is -2.26. The molecule has 0 spiro atoms. The van der Waals surface area contributed by atoms with E-state index in [4.69, 9.17) is 4.74 Å². The number of rotatable bonds is 5. The van der Waals surface area contributed by atoms with Gasteiger partial charge in [-0.1, -0.05) is 24.3 Å². The van der Waals surface area contributed by atoms with Gasteiger partial charge in [0.1, 0.15) is 5.69 Å². The molecule has 1 unspecified atom stereocenters. The molecule has 1 aromatic heterocycles. The van der Waals surface area contributed by atoms with Crippen molar-refractivity contribution in [2.75, 3.05) is 6.61 Å². The molecule has 1 atom stereocenters. The average molecular weight is 356 g/mol. The van der Waals surface area contributed by atoms with Gasteiger partial charge in [-0.25, -0.2) is 0 Å². The van der Waals surface area contributed by atoms with E-state index in [9.17, 15) is 24.3 Å². The normalized spacial score (nSPS) is 16.3. The number of esters is 1. The van der Waals surface area contributed by atoms with Gasteiger partial charge in [0, 0.05) is 24.4 Å². The van der Waals surface area contributed by atoms with Crippen LogP contribution in [0.4, 0.5) is 0 Å². The van der Waals surface area contributed by atoms with Crippen molar-refractivity contribution in [3.8, 4) is 0 Å². The number of nitrogens with zero attached hydrogens (tertiary/aromatic N) is 2. The molecule has 0 fully saturated rings. The average Bonchev–Trinajstić information content (AvgIpc) is 3.13. The summed E-state index contributed by atoms with van der Waals surface area (Å²) in [4.78, 5) is 50.9. The maximum Gasteiger partial charge on any atom is 0.320 e. The van der Waals surface area contributed by atoms with Crippen LogP contribution in [0.15, 0.2) is 36.5 Å². The number of aliphatic hydroxyl groups is 1. The van der Waals surface area contributed by atoms with Crippen molar-refractivity contribution in [2.24, 2.45) is 13.0 Å². The largest absolute Gasteiger partial charge is 0.465 e. The smallest absolute Gasteiger partial charge is 0.320 e. The maximum atomic E-state index is 12.9. The molecule has 0 aliphatic heterocycles. The van der Waals surface area contributed by atoms with Crippen LogP contribution in [0.3, 0.4) is 0 Å². The molecular formula is C18H16N2O6. The number of aromatic nitrogens is 2. The number of aryl methyl sites for hydroxylation is 1. The lowest BCUT2D eigenvalue weighted by Crippen LogP contribution is -2.55. The van der Waals surface area contributed by atoms with Gasteiger partial charge in [0.2, 0.25) is 23.0 Å². The molecule has 1 aromatic carbocycles. The van der Waals surface area contributed by atoms with E-state index in [1.165, 1.54) is 48.1 Å². The summed E-state index contributed by atoms with van der Waals surface area (Å²) in [6, 6.07) is 7.10. The summed E-state index contributed by atoms with van der Waals surface area (Å²) in [5.41, 5.74) is -3.09. The van der Waals surface area contributed by atoms with Crippen molar-refractivity contribution < 1.29 is 29.0 Å². The van der Waals surface area contributed by atoms with Gasteiger partial charge in [0.15, 0.2) is 5.92 Å². The van der Waals surface area contributed by atoms with Crippen LogP contribution in [-0.2, 0) is 16.6 Å². The van der Waals surface area contributed by atoms with Crippen LogP contribution in [-0.4, -0.2) is 50.4 Å². The third-order valence-electron chi connectivity index (χ3n) is 4.28. The second-order valence-electron chi connectivity index (χ2n) is 5.89. The highest BCUT2D eigenvalue weighted by atomic mass is 16.5. The van der Waals surface area contributed by atoms with Crippen LogP contribution in [0.25, 0.3) is 0 Å². The first-order valence-electron chi connectivity index (χ1n) is 7.93. The first kappa shape index (κ1) is 17.7. The molecule has 1 aliphatic rings.